The fraction of sp³-hybridized carbons (Fsp3) is 0.462. The molecule has 0 saturated heterocycles. The Balaban J connectivity index is 2.72. The Labute approximate surface area is 102 Å². The SMILES string of the molecule is CCCOc1cccc(C(N)C(=O)OCC)c1. The van der Waals surface area contributed by atoms with Gasteiger partial charge in [0.25, 0.3) is 0 Å². The smallest absolute Gasteiger partial charge is 0.327 e. The zero-order valence-electron chi connectivity index (χ0n) is 10.3. The molecule has 4 nitrogen and oxygen atoms in total. The molecule has 0 amide bonds. The van der Waals surface area contributed by atoms with Crippen LogP contribution in [0, 0.1) is 0 Å². The summed E-state index contributed by atoms with van der Waals surface area (Å²) in [5, 5.41) is 0. The van der Waals surface area contributed by atoms with Crippen molar-refractivity contribution in [2.24, 2.45) is 5.73 Å². The lowest BCUT2D eigenvalue weighted by Crippen LogP contribution is -2.23. The summed E-state index contributed by atoms with van der Waals surface area (Å²) in [5.74, 6) is 0.309. The van der Waals surface area contributed by atoms with Crippen molar-refractivity contribution < 1.29 is 14.3 Å². The predicted octanol–water partition coefficient (Wildman–Crippen LogP) is 2.04. The van der Waals surface area contributed by atoms with E-state index in [1.807, 2.05) is 19.1 Å². The summed E-state index contributed by atoms with van der Waals surface area (Å²) < 4.78 is 10.4. The Morgan fingerprint density at radius 1 is 1.41 bits per heavy atom. The van der Waals surface area contributed by atoms with Crippen LogP contribution in [0.2, 0.25) is 0 Å². The summed E-state index contributed by atoms with van der Waals surface area (Å²) in [5.41, 5.74) is 6.50. The van der Waals surface area contributed by atoms with Gasteiger partial charge in [0.15, 0.2) is 0 Å². The number of esters is 1. The number of hydrogen-bond donors (Lipinski definition) is 1. The van der Waals surface area contributed by atoms with Crippen molar-refractivity contribution in [3.8, 4) is 5.75 Å². The number of nitrogens with two attached hydrogens (primary N) is 1. The number of carbonyl (C=O) groups is 1. The van der Waals surface area contributed by atoms with E-state index in [0.29, 0.717) is 18.8 Å². The maximum absolute atomic E-state index is 11.5. The molecule has 4 heteroatoms. The Kier molecular flexibility index (Phi) is 5.49. The van der Waals surface area contributed by atoms with Crippen LogP contribution in [-0.2, 0) is 9.53 Å². The molecule has 1 unspecified atom stereocenters. The van der Waals surface area contributed by atoms with Crippen molar-refractivity contribution in [2.75, 3.05) is 13.2 Å². The third-order valence-electron chi connectivity index (χ3n) is 2.23. The molecule has 0 fully saturated rings. The van der Waals surface area contributed by atoms with E-state index in [0.717, 1.165) is 12.2 Å². The lowest BCUT2D eigenvalue weighted by Gasteiger charge is -2.12. The number of hydrogen-bond acceptors (Lipinski definition) is 4. The Morgan fingerprint density at radius 3 is 2.82 bits per heavy atom. The van der Waals surface area contributed by atoms with Crippen LogP contribution in [0.5, 0.6) is 5.75 Å². The van der Waals surface area contributed by atoms with E-state index in [-0.39, 0.29) is 0 Å². The standard InChI is InChI=1S/C13H19NO3/c1-3-8-17-11-7-5-6-10(9-11)12(14)13(15)16-4-2/h5-7,9,12H,3-4,8,14H2,1-2H3. The van der Waals surface area contributed by atoms with Crippen LogP contribution in [0.3, 0.4) is 0 Å². The summed E-state index contributed by atoms with van der Waals surface area (Å²) in [6, 6.07) is 6.48. The van der Waals surface area contributed by atoms with E-state index in [1.54, 1.807) is 19.1 Å². The van der Waals surface area contributed by atoms with E-state index in [1.165, 1.54) is 0 Å². The van der Waals surface area contributed by atoms with E-state index in [4.69, 9.17) is 15.2 Å². The van der Waals surface area contributed by atoms with Crippen LogP contribution in [-0.4, -0.2) is 19.2 Å². The summed E-state index contributed by atoms with van der Waals surface area (Å²) in [6.07, 6.45) is 0.939. The molecule has 0 aliphatic carbocycles. The molecule has 1 atom stereocenters. The first-order valence-corrected chi connectivity index (χ1v) is 5.84. The number of rotatable bonds is 6. The Hall–Kier alpha value is -1.55. The molecule has 0 aliphatic heterocycles. The normalized spacial score (nSPS) is 11.9. The fourth-order valence-corrected chi connectivity index (χ4v) is 1.39. The number of carbonyl (C=O) groups excluding carboxylic acids is 1. The molecule has 0 radical (unpaired) electrons. The molecule has 0 bridgehead atoms. The second kappa shape index (κ2) is 6.91. The minimum atomic E-state index is -0.750. The van der Waals surface area contributed by atoms with Crippen molar-refractivity contribution in [3.05, 3.63) is 29.8 Å². The van der Waals surface area contributed by atoms with Crippen LogP contribution in [0.15, 0.2) is 24.3 Å². The van der Waals surface area contributed by atoms with Crippen molar-refractivity contribution in [2.45, 2.75) is 26.3 Å². The van der Waals surface area contributed by atoms with E-state index >= 15 is 0 Å². The zero-order chi connectivity index (χ0) is 12.7. The highest BCUT2D eigenvalue weighted by Gasteiger charge is 2.17. The van der Waals surface area contributed by atoms with E-state index < -0.39 is 12.0 Å². The predicted molar refractivity (Wildman–Crippen MR) is 65.8 cm³/mol. The van der Waals surface area contributed by atoms with Gasteiger partial charge in [0.1, 0.15) is 11.8 Å². The first-order valence-electron chi connectivity index (χ1n) is 5.84. The zero-order valence-corrected chi connectivity index (χ0v) is 10.3. The molecule has 0 aromatic heterocycles. The molecular weight excluding hydrogens is 218 g/mol. The minimum absolute atomic E-state index is 0.332. The Morgan fingerprint density at radius 2 is 2.18 bits per heavy atom. The molecular formula is C13H19NO3. The molecule has 0 spiro atoms. The van der Waals surface area contributed by atoms with Crippen molar-refractivity contribution >= 4 is 5.97 Å². The average molecular weight is 237 g/mol. The van der Waals surface area contributed by atoms with Gasteiger partial charge in [-0.1, -0.05) is 19.1 Å². The van der Waals surface area contributed by atoms with Gasteiger partial charge in [-0.2, -0.15) is 0 Å². The second-order valence-corrected chi connectivity index (χ2v) is 3.65. The van der Waals surface area contributed by atoms with Gasteiger partial charge in [0.2, 0.25) is 0 Å². The van der Waals surface area contributed by atoms with Crippen molar-refractivity contribution in [1.82, 2.24) is 0 Å². The lowest BCUT2D eigenvalue weighted by molar-refractivity contribution is -0.144. The molecule has 94 valence electrons. The van der Waals surface area contributed by atoms with Crippen LogP contribution >= 0.6 is 0 Å². The van der Waals surface area contributed by atoms with Gasteiger partial charge in [-0.15, -0.1) is 0 Å². The van der Waals surface area contributed by atoms with Gasteiger partial charge >= 0.3 is 5.97 Å². The third-order valence-corrected chi connectivity index (χ3v) is 2.23. The van der Waals surface area contributed by atoms with Gasteiger partial charge in [0.05, 0.1) is 13.2 Å². The van der Waals surface area contributed by atoms with E-state index in [2.05, 4.69) is 0 Å². The molecule has 2 N–H and O–H groups in total. The largest absolute Gasteiger partial charge is 0.494 e. The number of ether oxygens (including phenoxy) is 2. The molecule has 1 aromatic rings. The summed E-state index contributed by atoms with van der Waals surface area (Å²) >= 11 is 0. The molecule has 0 saturated carbocycles. The van der Waals surface area contributed by atoms with Crippen LogP contribution in [0.4, 0.5) is 0 Å². The van der Waals surface area contributed by atoms with Gasteiger partial charge in [-0.3, -0.25) is 0 Å². The second-order valence-electron chi connectivity index (χ2n) is 3.65. The molecule has 17 heavy (non-hydrogen) atoms. The van der Waals surface area contributed by atoms with Crippen LogP contribution in [0.1, 0.15) is 31.9 Å². The van der Waals surface area contributed by atoms with Gasteiger partial charge in [-0.05, 0) is 31.0 Å². The van der Waals surface area contributed by atoms with Crippen LogP contribution in [0.25, 0.3) is 0 Å². The van der Waals surface area contributed by atoms with Crippen molar-refractivity contribution in [1.29, 1.82) is 0 Å². The topological polar surface area (TPSA) is 61.5 Å². The first-order chi connectivity index (χ1) is 8.19. The monoisotopic (exact) mass is 237 g/mol. The molecule has 0 heterocycles. The van der Waals surface area contributed by atoms with Gasteiger partial charge < -0.3 is 15.2 Å². The molecule has 1 aromatic carbocycles. The molecule has 1 rings (SSSR count). The van der Waals surface area contributed by atoms with E-state index in [9.17, 15) is 4.79 Å². The number of benzene rings is 1. The van der Waals surface area contributed by atoms with Gasteiger partial charge in [-0.25, -0.2) is 4.79 Å². The highest BCUT2D eigenvalue weighted by molar-refractivity contribution is 5.77. The fourth-order valence-electron chi connectivity index (χ4n) is 1.39. The summed E-state index contributed by atoms with van der Waals surface area (Å²) in [4.78, 5) is 11.5. The lowest BCUT2D eigenvalue weighted by atomic mass is 10.1. The summed E-state index contributed by atoms with van der Waals surface area (Å²) in [6.45, 7) is 4.77. The third kappa shape index (κ3) is 4.07. The Bertz CT molecular complexity index is 365. The average Bonchev–Trinajstić information content (AvgIpc) is 2.36. The highest BCUT2D eigenvalue weighted by Crippen LogP contribution is 2.19. The van der Waals surface area contributed by atoms with Crippen molar-refractivity contribution in [3.63, 3.8) is 0 Å². The summed E-state index contributed by atoms with van der Waals surface area (Å²) in [7, 11) is 0. The molecule has 0 aliphatic rings. The minimum Gasteiger partial charge on any atom is -0.494 e. The highest BCUT2D eigenvalue weighted by atomic mass is 16.5. The maximum atomic E-state index is 11.5. The maximum Gasteiger partial charge on any atom is 0.327 e. The first kappa shape index (κ1) is 13.5. The quantitative estimate of drug-likeness (QED) is 0.769. The van der Waals surface area contributed by atoms with Gasteiger partial charge in [0, 0.05) is 0 Å². The van der Waals surface area contributed by atoms with Crippen LogP contribution < -0.4 is 10.5 Å².